The molecule has 2 N–H and O–H groups in total. The van der Waals surface area contributed by atoms with Gasteiger partial charge in [-0.2, -0.15) is 0 Å². The van der Waals surface area contributed by atoms with Crippen LogP contribution in [0.3, 0.4) is 0 Å². The van der Waals surface area contributed by atoms with E-state index in [-0.39, 0.29) is 29.7 Å². The van der Waals surface area contributed by atoms with Gasteiger partial charge in [-0.25, -0.2) is 0 Å². The molecule has 2 amide bonds. The topological polar surface area (TPSA) is 101 Å². The molecule has 0 bridgehead atoms. The average Bonchev–Trinajstić information content (AvgIpc) is 2.65. The van der Waals surface area contributed by atoms with Crippen molar-refractivity contribution in [3.8, 4) is 0 Å². The lowest BCUT2D eigenvalue weighted by molar-refractivity contribution is -0.384. The van der Waals surface area contributed by atoms with Crippen molar-refractivity contribution in [1.29, 1.82) is 0 Å². The van der Waals surface area contributed by atoms with E-state index in [9.17, 15) is 19.7 Å². The zero-order valence-corrected chi connectivity index (χ0v) is 14.7. The Bertz CT molecular complexity index is 803. The third-order valence-electron chi connectivity index (χ3n) is 3.95. The molecule has 0 saturated carbocycles. The molecule has 136 valence electrons. The molecule has 0 saturated heterocycles. The van der Waals surface area contributed by atoms with Crippen molar-refractivity contribution in [3.63, 3.8) is 0 Å². The number of hydrogen-bond donors (Lipinski definition) is 2. The highest BCUT2D eigenvalue weighted by atomic mass is 16.6. The van der Waals surface area contributed by atoms with Gasteiger partial charge in [-0.15, -0.1) is 0 Å². The third kappa shape index (κ3) is 5.14. The van der Waals surface area contributed by atoms with Gasteiger partial charge < -0.3 is 10.6 Å². The lowest BCUT2D eigenvalue weighted by Gasteiger charge is -2.18. The molecular weight excluding hydrogens is 334 g/mol. The monoisotopic (exact) mass is 355 g/mol. The van der Waals surface area contributed by atoms with Crippen LogP contribution in [0.15, 0.2) is 48.5 Å². The minimum Gasteiger partial charge on any atom is -0.348 e. The van der Waals surface area contributed by atoms with E-state index in [0.717, 1.165) is 11.1 Å². The molecule has 26 heavy (non-hydrogen) atoms. The highest BCUT2D eigenvalue weighted by Crippen LogP contribution is 2.17. The number of nitro benzene ring substituents is 1. The first kappa shape index (κ1) is 19.1. The minimum absolute atomic E-state index is 0.137. The van der Waals surface area contributed by atoms with E-state index in [1.54, 1.807) is 0 Å². The van der Waals surface area contributed by atoms with E-state index in [1.807, 2.05) is 38.1 Å². The van der Waals surface area contributed by atoms with Gasteiger partial charge in [-0.1, -0.05) is 42.8 Å². The van der Waals surface area contributed by atoms with E-state index in [1.165, 1.54) is 24.3 Å². The molecule has 0 heterocycles. The summed E-state index contributed by atoms with van der Waals surface area (Å²) in [5, 5.41) is 16.1. The molecule has 0 aliphatic heterocycles. The van der Waals surface area contributed by atoms with Crippen molar-refractivity contribution >= 4 is 17.5 Å². The Kier molecular flexibility index (Phi) is 6.43. The number of hydrogen-bond acceptors (Lipinski definition) is 4. The number of nitro groups is 1. The van der Waals surface area contributed by atoms with Gasteiger partial charge in [0.05, 0.1) is 17.5 Å². The number of non-ortho nitro benzene ring substituents is 1. The maximum atomic E-state index is 12.1. The second-order valence-electron chi connectivity index (χ2n) is 5.93. The van der Waals surface area contributed by atoms with E-state index >= 15 is 0 Å². The van der Waals surface area contributed by atoms with Crippen molar-refractivity contribution in [2.45, 2.75) is 26.3 Å². The Morgan fingerprint density at radius 3 is 2.46 bits per heavy atom. The van der Waals surface area contributed by atoms with Crippen LogP contribution in [0.5, 0.6) is 0 Å². The summed E-state index contributed by atoms with van der Waals surface area (Å²) in [6.07, 6.45) is 0.716. The summed E-state index contributed by atoms with van der Waals surface area (Å²) in [7, 11) is 0. The van der Waals surface area contributed by atoms with Gasteiger partial charge in [0.1, 0.15) is 0 Å². The number of carbonyl (C=O) groups is 2. The molecule has 1 atom stereocenters. The summed E-state index contributed by atoms with van der Waals surface area (Å²) < 4.78 is 0. The standard InChI is InChI=1S/C19H21N3O4/c1-3-17(14-9-7-13(2)8-10-14)21-18(23)12-20-19(24)15-5-4-6-16(11-15)22(25)26/h4-11,17H,3,12H2,1-2H3,(H,20,24)(H,21,23)/t17-/m0/s1. The maximum absolute atomic E-state index is 12.1. The van der Waals surface area contributed by atoms with Crippen LogP contribution in [0.25, 0.3) is 0 Å². The Morgan fingerprint density at radius 1 is 1.15 bits per heavy atom. The van der Waals surface area contributed by atoms with E-state index in [0.29, 0.717) is 6.42 Å². The number of carbonyl (C=O) groups excluding carboxylic acids is 2. The third-order valence-corrected chi connectivity index (χ3v) is 3.95. The molecule has 7 heteroatoms. The first-order chi connectivity index (χ1) is 12.4. The minimum atomic E-state index is -0.573. The van der Waals surface area contributed by atoms with Crippen molar-refractivity contribution < 1.29 is 14.5 Å². The predicted octanol–water partition coefficient (Wildman–Crippen LogP) is 2.90. The first-order valence-electron chi connectivity index (χ1n) is 8.29. The van der Waals surface area contributed by atoms with Gasteiger partial charge in [-0.3, -0.25) is 19.7 Å². The molecule has 2 aromatic rings. The Morgan fingerprint density at radius 2 is 1.85 bits per heavy atom. The quantitative estimate of drug-likeness (QED) is 0.589. The summed E-state index contributed by atoms with van der Waals surface area (Å²) in [6, 6.07) is 13.1. The van der Waals surface area contributed by atoms with Crippen LogP contribution in [0, 0.1) is 17.0 Å². The van der Waals surface area contributed by atoms with Crippen LogP contribution in [0.2, 0.25) is 0 Å². The van der Waals surface area contributed by atoms with Crippen molar-refractivity contribution in [1.82, 2.24) is 10.6 Å². The SMILES string of the molecule is CC[C@H](NC(=O)CNC(=O)c1cccc([N+](=O)[O-])c1)c1ccc(C)cc1. The largest absolute Gasteiger partial charge is 0.348 e. The lowest BCUT2D eigenvalue weighted by Crippen LogP contribution is -2.38. The van der Waals surface area contributed by atoms with Crippen molar-refractivity contribution in [3.05, 3.63) is 75.3 Å². The summed E-state index contributed by atoms with van der Waals surface area (Å²) in [6.45, 7) is 3.75. The summed E-state index contributed by atoms with van der Waals surface area (Å²) in [5.74, 6) is -0.858. The van der Waals surface area contributed by atoms with Crippen LogP contribution >= 0.6 is 0 Å². The fraction of sp³-hybridized carbons (Fsp3) is 0.263. The molecule has 0 fully saturated rings. The summed E-state index contributed by atoms with van der Waals surface area (Å²) >= 11 is 0. The molecule has 7 nitrogen and oxygen atoms in total. The molecule has 0 aromatic heterocycles. The number of rotatable bonds is 7. The zero-order valence-electron chi connectivity index (χ0n) is 14.7. The second kappa shape index (κ2) is 8.75. The molecule has 0 radical (unpaired) electrons. The van der Waals surface area contributed by atoms with E-state index < -0.39 is 10.8 Å². The highest BCUT2D eigenvalue weighted by Gasteiger charge is 2.15. The predicted molar refractivity (Wildman–Crippen MR) is 97.8 cm³/mol. The number of amides is 2. The molecule has 0 unspecified atom stereocenters. The maximum Gasteiger partial charge on any atom is 0.270 e. The smallest absolute Gasteiger partial charge is 0.270 e. The van der Waals surface area contributed by atoms with Gasteiger partial charge in [0.15, 0.2) is 0 Å². The summed E-state index contributed by atoms with van der Waals surface area (Å²) in [4.78, 5) is 34.4. The Hall–Kier alpha value is -3.22. The Balaban J connectivity index is 1.93. The van der Waals surface area contributed by atoms with Crippen LogP contribution in [0.1, 0.15) is 40.9 Å². The van der Waals surface area contributed by atoms with Crippen LogP contribution in [-0.4, -0.2) is 23.3 Å². The molecule has 2 aromatic carbocycles. The normalized spacial score (nSPS) is 11.5. The fourth-order valence-corrected chi connectivity index (χ4v) is 2.49. The van der Waals surface area contributed by atoms with Gasteiger partial charge in [-0.05, 0) is 25.0 Å². The Labute approximate surface area is 151 Å². The van der Waals surface area contributed by atoms with E-state index in [2.05, 4.69) is 10.6 Å². The number of benzene rings is 2. The number of nitrogens with zero attached hydrogens (tertiary/aromatic N) is 1. The number of nitrogens with one attached hydrogen (secondary N) is 2. The van der Waals surface area contributed by atoms with Gasteiger partial charge in [0.25, 0.3) is 11.6 Å². The molecule has 0 spiro atoms. The molecule has 0 aliphatic carbocycles. The van der Waals surface area contributed by atoms with Crippen LogP contribution < -0.4 is 10.6 Å². The number of aryl methyl sites for hydroxylation is 1. The zero-order chi connectivity index (χ0) is 19.1. The van der Waals surface area contributed by atoms with Crippen LogP contribution in [-0.2, 0) is 4.79 Å². The molecular formula is C19H21N3O4. The summed E-state index contributed by atoms with van der Waals surface area (Å²) in [5.41, 5.74) is 2.10. The first-order valence-corrected chi connectivity index (χ1v) is 8.29. The van der Waals surface area contributed by atoms with Crippen molar-refractivity contribution in [2.24, 2.45) is 0 Å². The van der Waals surface area contributed by atoms with Crippen molar-refractivity contribution in [2.75, 3.05) is 6.54 Å². The van der Waals surface area contributed by atoms with Crippen LogP contribution in [0.4, 0.5) is 5.69 Å². The van der Waals surface area contributed by atoms with E-state index in [4.69, 9.17) is 0 Å². The highest BCUT2D eigenvalue weighted by molar-refractivity contribution is 5.97. The second-order valence-corrected chi connectivity index (χ2v) is 5.93. The fourth-order valence-electron chi connectivity index (χ4n) is 2.49. The van der Waals surface area contributed by atoms with Gasteiger partial charge >= 0.3 is 0 Å². The van der Waals surface area contributed by atoms with Gasteiger partial charge in [0.2, 0.25) is 5.91 Å². The average molecular weight is 355 g/mol. The lowest BCUT2D eigenvalue weighted by atomic mass is 10.0. The molecule has 2 rings (SSSR count). The van der Waals surface area contributed by atoms with Gasteiger partial charge in [0, 0.05) is 17.7 Å². The molecule has 0 aliphatic rings.